The summed E-state index contributed by atoms with van der Waals surface area (Å²) in [6.07, 6.45) is -0.0838. The van der Waals surface area contributed by atoms with Crippen molar-refractivity contribution >= 4 is 23.4 Å². The minimum Gasteiger partial charge on any atom is -0.448 e. The highest BCUT2D eigenvalue weighted by Crippen LogP contribution is 2.27. The van der Waals surface area contributed by atoms with Gasteiger partial charge < -0.3 is 19.8 Å². The van der Waals surface area contributed by atoms with Crippen LogP contribution < -0.4 is 5.32 Å². The predicted molar refractivity (Wildman–Crippen MR) is 99.1 cm³/mol. The lowest BCUT2D eigenvalue weighted by Gasteiger charge is -2.13. The first-order valence-corrected chi connectivity index (χ1v) is 8.79. The average molecular weight is 365 g/mol. The maximum atomic E-state index is 12.4. The Hall–Kier alpha value is -3.35. The van der Waals surface area contributed by atoms with Crippen molar-refractivity contribution in [1.29, 1.82) is 0 Å². The standard InChI is InChI=1S/C20H19N3O4/c24-19(17-12-18(27-22-17)15-4-2-1-3-5-15)21-16-8-6-14(7-9-16)13-23-10-11-26-20(23)25/h1-9,18H,10-13H2,(H,21,24)/t18-/m1/s1. The molecule has 0 unspecified atom stereocenters. The van der Waals surface area contributed by atoms with Crippen LogP contribution in [0.5, 0.6) is 0 Å². The van der Waals surface area contributed by atoms with E-state index >= 15 is 0 Å². The molecule has 0 radical (unpaired) electrons. The normalized spacial score (nSPS) is 18.7. The number of carbonyl (C=O) groups excluding carboxylic acids is 2. The van der Waals surface area contributed by atoms with Crippen LogP contribution in [-0.2, 0) is 20.9 Å². The van der Waals surface area contributed by atoms with Gasteiger partial charge in [0.2, 0.25) is 0 Å². The lowest BCUT2D eigenvalue weighted by atomic mass is 10.0. The summed E-state index contributed by atoms with van der Waals surface area (Å²) >= 11 is 0. The Morgan fingerprint density at radius 3 is 2.63 bits per heavy atom. The van der Waals surface area contributed by atoms with Gasteiger partial charge in [-0.2, -0.15) is 0 Å². The van der Waals surface area contributed by atoms with Gasteiger partial charge in [0.15, 0.2) is 6.10 Å². The summed E-state index contributed by atoms with van der Waals surface area (Å²) < 4.78 is 4.92. The van der Waals surface area contributed by atoms with E-state index in [1.54, 1.807) is 17.0 Å². The Balaban J connectivity index is 1.32. The molecule has 2 aromatic carbocycles. The molecule has 2 aliphatic rings. The SMILES string of the molecule is O=C(Nc1ccc(CN2CCOC2=O)cc1)C1=NO[C@@H](c2ccccc2)C1. The quantitative estimate of drug-likeness (QED) is 0.883. The van der Waals surface area contributed by atoms with E-state index in [1.807, 2.05) is 42.5 Å². The number of nitrogens with zero attached hydrogens (tertiary/aromatic N) is 2. The van der Waals surface area contributed by atoms with Crippen LogP contribution in [0.15, 0.2) is 59.8 Å². The van der Waals surface area contributed by atoms with Crippen LogP contribution in [0.3, 0.4) is 0 Å². The number of hydrogen-bond donors (Lipinski definition) is 1. The summed E-state index contributed by atoms with van der Waals surface area (Å²) in [5, 5.41) is 6.76. The number of hydrogen-bond acceptors (Lipinski definition) is 5. The second kappa shape index (κ2) is 7.49. The van der Waals surface area contributed by atoms with E-state index in [9.17, 15) is 9.59 Å². The molecule has 1 fully saturated rings. The number of oxime groups is 1. The third-order valence-electron chi connectivity index (χ3n) is 4.53. The molecule has 7 heteroatoms. The largest absolute Gasteiger partial charge is 0.448 e. The Kier molecular flexibility index (Phi) is 4.74. The fourth-order valence-corrected chi connectivity index (χ4v) is 3.04. The zero-order valence-electron chi connectivity index (χ0n) is 14.6. The van der Waals surface area contributed by atoms with Crippen molar-refractivity contribution < 1.29 is 19.2 Å². The summed E-state index contributed by atoms with van der Waals surface area (Å²) in [5.74, 6) is -0.274. The average Bonchev–Trinajstić information content (AvgIpc) is 3.34. The van der Waals surface area contributed by atoms with Crippen molar-refractivity contribution in [3.05, 3.63) is 65.7 Å². The number of amides is 2. The first-order chi connectivity index (χ1) is 13.2. The molecule has 2 aliphatic heterocycles. The van der Waals surface area contributed by atoms with Gasteiger partial charge in [0.1, 0.15) is 12.3 Å². The zero-order chi connectivity index (χ0) is 18.6. The van der Waals surface area contributed by atoms with Gasteiger partial charge in [-0.05, 0) is 23.3 Å². The van der Waals surface area contributed by atoms with Gasteiger partial charge in [0.05, 0.1) is 6.54 Å². The van der Waals surface area contributed by atoms with Crippen LogP contribution in [0.1, 0.15) is 23.7 Å². The first kappa shape index (κ1) is 17.1. The first-order valence-electron chi connectivity index (χ1n) is 8.79. The van der Waals surface area contributed by atoms with Crippen LogP contribution in [-0.4, -0.2) is 35.8 Å². The second-order valence-corrected chi connectivity index (χ2v) is 6.43. The summed E-state index contributed by atoms with van der Waals surface area (Å²) in [7, 11) is 0. The van der Waals surface area contributed by atoms with Gasteiger partial charge in [-0.1, -0.05) is 47.6 Å². The topological polar surface area (TPSA) is 80.2 Å². The lowest BCUT2D eigenvalue weighted by Crippen LogP contribution is -2.23. The molecule has 7 nitrogen and oxygen atoms in total. The van der Waals surface area contributed by atoms with Crippen LogP contribution in [0.25, 0.3) is 0 Å². The van der Waals surface area contributed by atoms with Crippen molar-refractivity contribution in [1.82, 2.24) is 4.90 Å². The monoisotopic (exact) mass is 365 g/mol. The third kappa shape index (κ3) is 3.92. The highest BCUT2D eigenvalue weighted by Gasteiger charge is 2.27. The van der Waals surface area contributed by atoms with Crippen LogP contribution in [0, 0.1) is 0 Å². The summed E-state index contributed by atoms with van der Waals surface area (Å²) in [4.78, 5) is 30.9. The number of carbonyl (C=O) groups is 2. The molecule has 0 aromatic heterocycles. The van der Waals surface area contributed by atoms with Gasteiger partial charge in [0.25, 0.3) is 5.91 Å². The molecule has 2 heterocycles. The number of benzene rings is 2. The zero-order valence-corrected chi connectivity index (χ0v) is 14.6. The molecule has 0 bridgehead atoms. The maximum Gasteiger partial charge on any atom is 0.410 e. The maximum absolute atomic E-state index is 12.4. The second-order valence-electron chi connectivity index (χ2n) is 6.43. The Morgan fingerprint density at radius 1 is 1.15 bits per heavy atom. The molecule has 2 aromatic rings. The number of nitrogens with one attached hydrogen (secondary N) is 1. The van der Waals surface area contributed by atoms with Crippen molar-refractivity contribution in [2.45, 2.75) is 19.1 Å². The molecular formula is C20H19N3O4. The van der Waals surface area contributed by atoms with Crippen molar-refractivity contribution in [3.63, 3.8) is 0 Å². The number of cyclic esters (lactones) is 1. The highest BCUT2D eigenvalue weighted by molar-refractivity contribution is 6.43. The van der Waals surface area contributed by atoms with E-state index in [0.717, 1.165) is 11.1 Å². The molecule has 0 saturated carbocycles. The van der Waals surface area contributed by atoms with Crippen LogP contribution >= 0.6 is 0 Å². The van der Waals surface area contributed by atoms with Gasteiger partial charge in [-0.3, -0.25) is 4.79 Å². The fourth-order valence-electron chi connectivity index (χ4n) is 3.04. The molecule has 0 spiro atoms. The van der Waals surface area contributed by atoms with Gasteiger partial charge in [-0.15, -0.1) is 0 Å². The van der Waals surface area contributed by atoms with E-state index in [2.05, 4.69) is 10.5 Å². The number of anilines is 1. The minimum atomic E-state index is -0.292. The number of rotatable bonds is 5. The van der Waals surface area contributed by atoms with E-state index in [1.165, 1.54) is 0 Å². The fraction of sp³-hybridized carbons (Fsp3) is 0.250. The van der Waals surface area contributed by atoms with E-state index in [-0.39, 0.29) is 18.1 Å². The van der Waals surface area contributed by atoms with Gasteiger partial charge in [-0.25, -0.2) is 4.79 Å². The van der Waals surface area contributed by atoms with Crippen LogP contribution in [0.2, 0.25) is 0 Å². The molecule has 1 N–H and O–H groups in total. The number of ether oxygens (including phenoxy) is 1. The van der Waals surface area contributed by atoms with Crippen LogP contribution in [0.4, 0.5) is 10.5 Å². The Morgan fingerprint density at radius 2 is 1.93 bits per heavy atom. The smallest absolute Gasteiger partial charge is 0.410 e. The summed E-state index contributed by atoms with van der Waals surface area (Å²) in [5.41, 5.74) is 3.00. The highest BCUT2D eigenvalue weighted by atomic mass is 16.6. The Labute approximate surface area is 156 Å². The van der Waals surface area contributed by atoms with Crippen molar-refractivity contribution in [3.8, 4) is 0 Å². The van der Waals surface area contributed by atoms with E-state index in [4.69, 9.17) is 9.57 Å². The minimum absolute atomic E-state index is 0.227. The van der Waals surface area contributed by atoms with Crippen molar-refractivity contribution in [2.75, 3.05) is 18.5 Å². The summed E-state index contributed by atoms with van der Waals surface area (Å²) in [6, 6.07) is 17.1. The van der Waals surface area contributed by atoms with Gasteiger partial charge in [0, 0.05) is 18.7 Å². The molecule has 2 amide bonds. The third-order valence-corrected chi connectivity index (χ3v) is 4.53. The van der Waals surface area contributed by atoms with E-state index < -0.39 is 0 Å². The molecule has 4 rings (SSSR count). The molecule has 1 atom stereocenters. The van der Waals surface area contributed by atoms with Gasteiger partial charge >= 0.3 is 6.09 Å². The summed E-state index contributed by atoms with van der Waals surface area (Å²) in [6.45, 7) is 1.52. The molecule has 0 aliphatic carbocycles. The van der Waals surface area contributed by atoms with Crippen molar-refractivity contribution in [2.24, 2.45) is 5.16 Å². The Bertz CT molecular complexity index is 865. The lowest BCUT2D eigenvalue weighted by molar-refractivity contribution is -0.110. The molecular weight excluding hydrogens is 346 g/mol. The molecule has 1 saturated heterocycles. The molecule has 138 valence electrons. The van der Waals surface area contributed by atoms with E-state index in [0.29, 0.717) is 37.5 Å². The molecule has 27 heavy (non-hydrogen) atoms. The predicted octanol–water partition coefficient (Wildman–Crippen LogP) is 3.09.